The van der Waals surface area contributed by atoms with Gasteiger partial charge >= 0.3 is 7.80 Å². The van der Waals surface area contributed by atoms with Crippen molar-refractivity contribution in [2.24, 2.45) is 0 Å². The molecule has 0 saturated heterocycles. The molecule has 1 unspecified atom stereocenters. The molecule has 0 radical (unpaired) electrons. The molecule has 0 aliphatic carbocycles. The van der Waals surface area contributed by atoms with Gasteiger partial charge in [0, 0.05) is 5.56 Å². The van der Waals surface area contributed by atoms with Crippen LogP contribution in [0.25, 0.3) is 0 Å². The van der Waals surface area contributed by atoms with Gasteiger partial charge in [0.25, 0.3) is 0 Å². The third-order valence-corrected chi connectivity index (χ3v) is 4.93. The van der Waals surface area contributed by atoms with Gasteiger partial charge in [-0.1, -0.05) is 28.8 Å². The number of hydrogen-bond donors (Lipinski definition) is 0. The lowest BCUT2D eigenvalue weighted by Crippen LogP contribution is -2.11. The number of benzene rings is 2. The van der Waals surface area contributed by atoms with E-state index in [4.69, 9.17) is 0 Å². The molecule has 2 heteroatoms. The second-order valence-corrected chi connectivity index (χ2v) is 5.87. The molecule has 0 spiro atoms. The van der Waals surface area contributed by atoms with Crippen LogP contribution < -0.4 is 10.6 Å². The molecule has 0 aliphatic rings. The predicted molar refractivity (Wildman–Crippen MR) is 74.0 cm³/mol. The van der Waals surface area contributed by atoms with Gasteiger partial charge in [0.1, 0.15) is 0 Å². The van der Waals surface area contributed by atoms with E-state index in [1.807, 2.05) is 49.4 Å². The minimum Gasteiger partial charge on any atom is -0.0619 e. The van der Waals surface area contributed by atoms with Crippen LogP contribution in [0.2, 0.25) is 0 Å². The number of aryl methyl sites for hydroxylation is 1. The second-order valence-electron chi connectivity index (χ2n) is 4.28. The standard InChI is InChI=1S/C15H16OP/c1-11-9-10-15(13(3)12(11)2)17(16)14-7-5-4-6-8-14/h4-10H,1-3H3/q+1. The summed E-state index contributed by atoms with van der Waals surface area (Å²) >= 11 is 0. The highest BCUT2D eigenvalue weighted by atomic mass is 31.1. The lowest BCUT2D eigenvalue weighted by Gasteiger charge is -2.03. The van der Waals surface area contributed by atoms with Crippen molar-refractivity contribution >= 4 is 18.4 Å². The SMILES string of the molecule is Cc1ccc([P+](=O)c2ccccc2)c(C)c1C. The zero-order chi connectivity index (χ0) is 12.4. The molecule has 0 aromatic heterocycles. The number of hydrogen-bond acceptors (Lipinski definition) is 1. The number of rotatable bonds is 2. The van der Waals surface area contributed by atoms with Crippen molar-refractivity contribution < 1.29 is 4.57 Å². The third kappa shape index (κ3) is 2.30. The highest BCUT2D eigenvalue weighted by Gasteiger charge is 2.26. The van der Waals surface area contributed by atoms with Crippen LogP contribution in [0.5, 0.6) is 0 Å². The smallest absolute Gasteiger partial charge is 0.0619 e. The zero-order valence-electron chi connectivity index (χ0n) is 10.4. The highest BCUT2D eigenvalue weighted by Crippen LogP contribution is 2.24. The Morgan fingerprint density at radius 1 is 0.824 bits per heavy atom. The van der Waals surface area contributed by atoms with E-state index in [1.54, 1.807) is 0 Å². The summed E-state index contributed by atoms with van der Waals surface area (Å²) in [6, 6.07) is 13.7. The normalized spacial score (nSPS) is 11.4. The summed E-state index contributed by atoms with van der Waals surface area (Å²) in [7, 11) is -1.47. The van der Waals surface area contributed by atoms with E-state index in [0.29, 0.717) is 0 Å². The van der Waals surface area contributed by atoms with Crippen molar-refractivity contribution in [3.8, 4) is 0 Å². The molecule has 17 heavy (non-hydrogen) atoms. The fourth-order valence-corrected chi connectivity index (χ4v) is 3.27. The van der Waals surface area contributed by atoms with E-state index in [0.717, 1.165) is 16.2 Å². The fraction of sp³-hybridized carbons (Fsp3) is 0.200. The van der Waals surface area contributed by atoms with Crippen LogP contribution in [0, 0.1) is 20.8 Å². The van der Waals surface area contributed by atoms with Crippen LogP contribution in [0.1, 0.15) is 16.7 Å². The summed E-state index contributed by atoms with van der Waals surface area (Å²) < 4.78 is 12.5. The Balaban J connectivity index is 2.49. The van der Waals surface area contributed by atoms with Crippen LogP contribution >= 0.6 is 7.80 Å². The largest absolute Gasteiger partial charge is 0.415 e. The third-order valence-electron chi connectivity index (χ3n) is 3.24. The summed E-state index contributed by atoms with van der Waals surface area (Å²) in [5.41, 5.74) is 3.64. The fourth-order valence-electron chi connectivity index (χ4n) is 1.86. The Kier molecular flexibility index (Phi) is 3.40. The van der Waals surface area contributed by atoms with Crippen molar-refractivity contribution in [2.45, 2.75) is 20.8 Å². The molecule has 0 bridgehead atoms. The van der Waals surface area contributed by atoms with Crippen molar-refractivity contribution in [3.05, 3.63) is 59.2 Å². The first-order valence-corrected chi connectivity index (χ1v) is 6.96. The maximum absolute atomic E-state index is 12.5. The Morgan fingerprint density at radius 2 is 1.47 bits per heavy atom. The summed E-state index contributed by atoms with van der Waals surface area (Å²) in [5.74, 6) is 0. The Bertz CT molecular complexity index is 559. The average molecular weight is 243 g/mol. The summed E-state index contributed by atoms with van der Waals surface area (Å²) in [6.45, 7) is 6.22. The van der Waals surface area contributed by atoms with Gasteiger partial charge in [-0.2, -0.15) is 0 Å². The van der Waals surface area contributed by atoms with E-state index in [1.165, 1.54) is 11.1 Å². The monoisotopic (exact) mass is 243 g/mol. The van der Waals surface area contributed by atoms with E-state index in [2.05, 4.69) is 13.8 Å². The molecule has 2 aromatic carbocycles. The topological polar surface area (TPSA) is 17.1 Å². The average Bonchev–Trinajstić information content (AvgIpc) is 2.36. The second kappa shape index (κ2) is 4.81. The van der Waals surface area contributed by atoms with Gasteiger partial charge in [-0.05, 0) is 50.1 Å². The molecule has 2 aromatic rings. The van der Waals surface area contributed by atoms with Crippen LogP contribution in [-0.2, 0) is 4.57 Å². The first-order valence-electron chi connectivity index (χ1n) is 5.70. The lowest BCUT2D eigenvalue weighted by atomic mass is 10.1. The van der Waals surface area contributed by atoms with E-state index < -0.39 is 7.80 Å². The molecule has 0 heterocycles. The summed E-state index contributed by atoms with van der Waals surface area (Å²) in [4.78, 5) is 0. The first-order chi connectivity index (χ1) is 8.11. The molecular formula is C15H16OP+. The van der Waals surface area contributed by atoms with Crippen molar-refractivity contribution in [1.82, 2.24) is 0 Å². The molecule has 0 N–H and O–H groups in total. The minimum atomic E-state index is -1.47. The van der Waals surface area contributed by atoms with Gasteiger partial charge in [-0.25, -0.2) is 0 Å². The van der Waals surface area contributed by atoms with Crippen LogP contribution in [-0.4, -0.2) is 0 Å². The molecule has 2 rings (SSSR count). The van der Waals surface area contributed by atoms with Crippen molar-refractivity contribution in [3.63, 3.8) is 0 Å². The van der Waals surface area contributed by atoms with Gasteiger partial charge in [0.05, 0.1) is 0 Å². The van der Waals surface area contributed by atoms with Crippen molar-refractivity contribution in [1.29, 1.82) is 0 Å². The summed E-state index contributed by atoms with van der Waals surface area (Å²) in [5, 5.41) is 1.85. The van der Waals surface area contributed by atoms with Crippen LogP contribution in [0.4, 0.5) is 0 Å². The predicted octanol–water partition coefficient (Wildman–Crippen LogP) is 3.39. The molecule has 0 aliphatic heterocycles. The maximum Gasteiger partial charge on any atom is 0.415 e. The Morgan fingerprint density at radius 3 is 2.12 bits per heavy atom. The molecule has 1 atom stereocenters. The molecule has 1 nitrogen and oxygen atoms in total. The minimum absolute atomic E-state index is 0.897. The molecule has 0 fully saturated rings. The van der Waals surface area contributed by atoms with Gasteiger partial charge in [0.2, 0.25) is 0 Å². The summed E-state index contributed by atoms with van der Waals surface area (Å²) in [6.07, 6.45) is 0. The first kappa shape index (κ1) is 12.0. The van der Waals surface area contributed by atoms with E-state index in [-0.39, 0.29) is 0 Å². The molecular weight excluding hydrogens is 227 g/mol. The van der Waals surface area contributed by atoms with Gasteiger partial charge in [-0.3, -0.25) is 0 Å². The van der Waals surface area contributed by atoms with Gasteiger partial charge in [0.15, 0.2) is 10.6 Å². The molecule has 0 saturated carbocycles. The van der Waals surface area contributed by atoms with Crippen LogP contribution in [0.3, 0.4) is 0 Å². The zero-order valence-corrected chi connectivity index (χ0v) is 11.3. The highest BCUT2D eigenvalue weighted by molar-refractivity contribution is 7.61. The van der Waals surface area contributed by atoms with E-state index in [9.17, 15) is 4.57 Å². The van der Waals surface area contributed by atoms with Crippen LogP contribution in [0.15, 0.2) is 42.5 Å². The molecule has 86 valence electrons. The Hall–Kier alpha value is -1.46. The van der Waals surface area contributed by atoms with Gasteiger partial charge < -0.3 is 0 Å². The maximum atomic E-state index is 12.5. The quantitative estimate of drug-likeness (QED) is 0.739. The molecule has 0 amide bonds. The lowest BCUT2D eigenvalue weighted by molar-refractivity contribution is 0.598. The van der Waals surface area contributed by atoms with E-state index >= 15 is 0 Å². The van der Waals surface area contributed by atoms with Crippen molar-refractivity contribution in [2.75, 3.05) is 0 Å². The Labute approximate surface area is 103 Å². The van der Waals surface area contributed by atoms with Gasteiger partial charge in [-0.15, -0.1) is 0 Å².